The number of aryl methyl sites for hydroxylation is 1. The van der Waals surface area contributed by atoms with Crippen molar-refractivity contribution in [3.63, 3.8) is 0 Å². The first-order valence-corrected chi connectivity index (χ1v) is 12.3. The highest BCUT2D eigenvalue weighted by atomic mass is 16.6. The Labute approximate surface area is 220 Å². The Balaban J connectivity index is 1.44. The third-order valence-corrected chi connectivity index (χ3v) is 5.68. The molecule has 1 aromatic heterocycles. The van der Waals surface area contributed by atoms with E-state index < -0.39 is 17.5 Å². The molecule has 2 aromatic rings. The van der Waals surface area contributed by atoms with Crippen LogP contribution in [0.3, 0.4) is 0 Å². The first-order chi connectivity index (χ1) is 18.4. The molecule has 1 atom stereocenters. The van der Waals surface area contributed by atoms with Crippen LogP contribution in [0.15, 0.2) is 23.0 Å². The van der Waals surface area contributed by atoms with E-state index in [1.165, 1.54) is 4.57 Å². The molecule has 12 heteroatoms. The highest BCUT2D eigenvalue weighted by Crippen LogP contribution is 2.23. The van der Waals surface area contributed by atoms with E-state index >= 15 is 0 Å². The summed E-state index contributed by atoms with van der Waals surface area (Å²) in [7, 11) is 0. The molecular formula is C26H32N4O8. The number of anilines is 1. The zero-order valence-electron chi connectivity index (χ0n) is 21.3. The number of carbonyl (C=O) groups excluding carboxylic acids is 3. The van der Waals surface area contributed by atoms with Crippen LogP contribution < -0.4 is 16.2 Å². The minimum Gasteiger partial charge on any atom is -0.379 e. The Hall–Kier alpha value is -3.63. The average molecular weight is 529 g/mol. The predicted octanol–water partition coefficient (Wildman–Crippen LogP) is 0.711. The lowest BCUT2D eigenvalue weighted by Gasteiger charge is -2.24. The molecule has 12 nitrogen and oxygen atoms in total. The van der Waals surface area contributed by atoms with E-state index in [0.717, 1.165) is 0 Å². The molecule has 38 heavy (non-hydrogen) atoms. The summed E-state index contributed by atoms with van der Waals surface area (Å²) in [6.45, 7) is 4.48. The van der Waals surface area contributed by atoms with Gasteiger partial charge in [-0.05, 0) is 25.5 Å². The maximum atomic E-state index is 13.2. The molecule has 3 rings (SSSR count). The van der Waals surface area contributed by atoms with Gasteiger partial charge in [0, 0.05) is 6.42 Å². The number of rotatable bonds is 15. The van der Waals surface area contributed by atoms with Crippen LogP contribution in [0.5, 0.6) is 0 Å². The van der Waals surface area contributed by atoms with Crippen molar-refractivity contribution in [2.45, 2.75) is 32.2 Å². The van der Waals surface area contributed by atoms with E-state index in [0.29, 0.717) is 56.7 Å². The van der Waals surface area contributed by atoms with Crippen molar-refractivity contribution >= 4 is 34.3 Å². The Morgan fingerprint density at radius 1 is 1.08 bits per heavy atom. The van der Waals surface area contributed by atoms with Gasteiger partial charge < -0.3 is 24.3 Å². The van der Waals surface area contributed by atoms with Gasteiger partial charge in [0.15, 0.2) is 0 Å². The molecule has 1 aliphatic rings. The molecule has 1 aliphatic heterocycles. The molecule has 3 amide bonds. The second kappa shape index (κ2) is 14.9. The lowest BCUT2D eigenvalue weighted by molar-refractivity contribution is -0.135. The molecule has 0 aliphatic carbocycles. The highest BCUT2D eigenvalue weighted by molar-refractivity contribution is 6.01. The number of fused-ring (bicyclic) bond motifs is 1. The fourth-order valence-electron chi connectivity index (χ4n) is 3.89. The normalized spacial score (nSPS) is 15.3. The van der Waals surface area contributed by atoms with Gasteiger partial charge in [0.05, 0.1) is 63.7 Å². The van der Waals surface area contributed by atoms with Gasteiger partial charge in [-0.25, -0.2) is 4.98 Å². The van der Waals surface area contributed by atoms with Crippen LogP contribution in [-0.4, -0.2) is 80.1 Å². The zero-order valence-corrected chi connectivity index (χ0v) is 21.3. The summed E-state index contributed by atoms with van der Waals surface area (Å²) in [5.41, 5.74) is 0.297. The number of hydrogen-bond donors (Lipinski definition) is 2. The number of aromatic nitrogens is 2. The number of para-hydroxylation sites is 1. The molecule has 1 saturated heterocycles. The molecule has 1 fully saturated rings. The maximum absolute atomic E-state index is 13.2. The Morgan fingerprint density at radius 2 is 1.74 bits per heavy atom. The van der Waals surface area contributed by atoms with Gasteiger partial charge in [0.2, 0.25) is 17.7 Å². The summed E-state index contributed by atoms with van der Waals surface area (Å²) in [6.07, 6.45) is 5.53. The first-order valence-electron chi connectivity index (χ1n) is 12.3. The number of amides is 3. The van der Waals surface area contributed by atoms with Crippen LogP contribution in [0.25, 0.3) is 10.9 Å². The number of piperidine rings is 1. The summed E-state index contributed by atoms with van der Waals surface area (Å²) in [5, 5.41) is 5.30. The number of benzene rings is 1. The topological polar surface area (TPSA) is 147 Å². The Kier molecular flexibility index (Phi) is 11.4. The maximum Gasteiger partial charge on any atom is 0.262 e. The third-order valence-electron chi connectivity index (χ3n) is 5.68. The molecule has 1 unspecified atom stereocenters. The van der Waals surface area contributed by atoms with Crippen molar-refractivity contribution in [1.82, 2.24) is 14.9 Å². The molecule has 204 valence electrons. The molecule has 1 aromatic carbocycles. The number of nitrogens with zero attached hydrogens (tertiary/aromatic N) is 2. The Bertz CT molecular complexity index is 1240. The molecule has 2 heterocycles. The number of nitrogens with one attached hydrogen (secondary N) is 2. The second-order valence-corrected chi connectivity index (χ2v) is 8.39. The van der Waals surface area contributed by atoms with E-state index in [4.69, 9.17) is 25.4 Å². The minimum atomic E-state index is -0.817. The largest absolute Gasteiger partial charge is 0.379 e. The van der Waals surface area contributed by atoms with Crippen LogP contribution in [0.2, 0.25) is 0 Å². The van der Waals surface area contributed by atoms with Gasteiger partial charge in [0.25, 0.3) is 5.56 Å². The molecule has 0 radical (unpaired) electrons. The van der Waals surface area contributed by atoms with Gasteiger partial charge >= 0.3 is 0 Å². The monoisotopic (exact) mass is 528 g/mol. The second-order valence-electron chi connectivity index (χ2n) is 8.39. The van der Waals surface area contributed by atoms with Crippen LogP contribution in [0, 0.1) is 19.3 Å². The van der Waals surface area contributed by atoms with E-state index in [-0.39, 0.29) is 49.7 Å². The van der Waals surface area contributed by atoms with Crippen LogP contribution in [0.1, 0.15) is 31.1 Å². The fraction of sp³-hybridized carbons (Fsp3) is 0.500. The lowest BCUT2D eigenvalue weighted by Crippen LogP contribution is -2.45. The smallest absolute Gasteiger partial charge is 0.262 e. The number of hydrogen-bond acceptors (Lipinski definition) is 9. The summed E-state index contributed by atoms with van der Waals surface area (Å²) >= 11 is 0. The van der Waals surface area contributed by atoms with Gasteiger partial charge in [-0.2, -0.15) is 0 Å². The quantitative estimate of drug-likeness (QED) is 0.194. The van der Waals surface area contributed by atoms with Gasteiger partial charge in [0.1, 0.15) is 24.0 Å². The SMILES string of the molecule is C#CCOCCOCCOCCOCCC(=O)Nc1cccc2c(=O)n(C3CCC(=O)NC3=O)c(C)nc12. The van der Waals surface area contributed by atoms with Crippen molar-refractivity contribution in [1.29, 1.82) is 0 Å². The van der Waals surface area contributed by atoms with Gasteiger partial charge in [-0.3, -0.25) is 29.1 Å². The van der Waals surface area contributed by atoms with Crippen molar-refractivity contribution in [3.05, 3.63) is 34.4 Å². The van der Waals surface area contributed by atoms with E-state index in [1.54, 1.807) is 25.1 Å². The first kappa shape index (κ1) is 28.9. The van der Waals surface area contributed by atoms with Crippen LogP contribution >= 0.6 is 0 Å². The summed E-state index contributed by atoms with van der Waals surface area (Å²) in [6, 6.07) is 4.06. The molecule has 0 spiro atoms. The zero-order chi connectivity index (χ0) is 27.3. The van der Waals surface area contributed by atoms with E-state index in [1.807, 2.05) is 0 Å². The Morgan fingerprint density at radius 3 is 2.39 bits per heavy atom. The third kappa shape index (κ3) is 8.19. The minimum absolute atomic E-state index is 0.101. The number of carbonyl (C=O) groups is 3. The summed E-state index contributed by atoms with van der Waals surface area (Å²) < 4.78 is 22.5. The average Bonchev–Trinajstić information content (AvgIpc) is 2.88. The van der Waals surface area contributed by atoms with Gasteiger partial charge in [-0.15, -0.1) is 6.42 Å². The standard InChI is InChI=1S/C26H32N4O8/c1-3-10-35-12-14-37-16-17-38-15-13-36-11-9-23(32)28-20-6-4-5-19-24(20)27-18(2)30(26(19)34)21-7-8-22(31)29-25(21)33/h1,4-6,21H,7-17H2,2H3,(H,28,32)(H,29,31,33). The van der Waals surface area contributed by atoms with Crippen molar-refractivity contribution in [3.8, 4) is 12.3 Å². The van der Waals surface area contributed by atoms with E-state index in [9.17, 15) is 19.2 Å². The summed E-state index contributed by atoms with van der Waals surface area (Å²) in [4.78, 5) is 54.0. The lowest BCUT2D eigenvalue weighted by atomic mass is 10.1. The fourth-order valence-corrected chi connectivity index (χ4v) is 3.89. The van der Waals surface area contributed by atoms with Gasteiger partial charge in [-0.1, -0.05) is 12.0 Å². The van der Waals surface area contributed by atoms with Crippen molar-refractivity contribution < 1.29 is 33.3 Å². The van der Waals surface area contributed by atoms with Crippen molar-refractivity contribution in [2.24, 2.45) is 0 Å². The van der Waals surface area contributed by atoms with E-state index in [2.05, 4.69) is 21.5 Å². The molecule has 0 bridgehead atoms. The molecule has 2 N–H and O–H groups in total. The number of terminal acetylenes is 1. The summed E-state index contributed by atoms with van der Waals surface area (Å²) in [5.74, 6) is 1.49. The predicted molar refractivity (Wildman–Crippen MR) is 138 cm³/mol. The number of ether oxygens (including phenoxy) is 4. The van der Waals surface area contributed by atoms with Crippen LogP contribution in [-0.2, 0) is 33.3 Å². The van der Waals surface area contributed by atoms with Crippen LogP contribution in [0.4, 0.5) is 5.69 Å². The number of imide groups is 1. The van der Waals surface area contributed by atoms with Crippen molar-refractivity contribution in [2.75, 3.05) is 58.2 Å². The highest BCUT2D eigenvalue weighted by Gasteiger charge is 2.30. The molecule has 0 saturated carbocycles. The molecular weight excluding hydrogens is 496 g/mol.